The summed E-state index contributed by atoms with van der Waals surface area (Å²) >= 11 is 0. The van der Waals surface area contributed by atoms with Gasteiger partial charge in [-0.25, -0.2) is 0 Å². The summed E-state index contributed by atoms with van der Waals surface area (Å²) in [5.74, 6) is 0.0121. The summed E-state index contributed by atoms with van der Waals surface area (Å²) in [6, 6.07) is 25.6. The molecule has 1 fully saturated rings. The van der Waals surface area contributed by atoms with Crippen molar-refractivity contribution in [2.24, 2.45) is 0 Å². The molecule has 3 aromatic rings. The van der Waals surface area contributed by atoms with Crippen LogP contribution < -0.4 is 5.32 Å². The lowest BCUT2D eigenvalue weighted by atomic mass is 10.0. The van der Waals surface area contributed by atoms with Crippen molar-refractivity contribution in [2.75, 3.05) is 13.1 Å². The van der Waals surface area contributed by atoms with Gasteiger partial charge in [-0.3, -0.25) is 9.59 Å². The van der Waals surface area contributed by atoms with E-state index < -0.39 is 0 Å². The molecule has 0 radical (unpaired) electrons. The second-order valence-corrected chi connectivity index (χ2v) is 7.85. The quantitative estimate of drug-likeness (QED) is 0.693. The van der Waals surface area contributed by atoms with Crippen LogP contribution in [0.2, 0.25) is 0 Å². The number of benzene rings is 3. The maximum absolute atomic E-state index is 12.9. The number of hydrogen-bond donors (Lipinski definition) is 1. The lowest BCUT2D eigenvalue weighted by Crippen LogP contribution is -2.46. The van der Waals surface area contributed by atoms with Crippen molar-refractivity contribution < 1.29 is 9.59 Å². The SMILES string of the molecule is Cc1cccc(C(=O)NC2CCN(C(=O)c3ccc(-c4ccccc4)cc3)CC2)c1. The van der Waals surface area contributed by atoms with Crippen LogP contribution in [-0.4, -0.2) is 35.8 Å². The van der Waals surface area contributed by atoms with E-state index in [4.69, 9.17) is 0 Å². The zero-order chi connectivity index (χ0) is 20.9. The molecule has 4 heteroatoms. The van der Waals surface area contributed by atoms with Crippen LogP contribution in [0.4, 0.5) is 0 Å². The van der Waals surface area contributed by atoms with Crippen LogP contribution in [-0.2, 0) is 0 Å². The molecule has 1 N–H and O–H groups in total. The third-order valence-electron chi connectivity index (χ3n) is 5.64. The van der Waals surface area contributed by atoms with E-state index in [0.29, 0.717) is 24.2 Å². The first kappa shape index (κ1) is 19.9. The topological polar surface area (TPSA) is 49.4 Å². The zero-order valence-corrected chi connectivity index (χ0v) is 17.2. The Kier molecular flexibility index (Phi) is 5.94. The first-order valence-electron chi connectivity index (χ1n) is 10.4. The van der Waals surface area contributed by atoms with Crippen molar-refractivity contribution in [3.63, 3.8) is 0 Å². The first-order valence-corrected chi connectivity index (χ1v) is 10.4. The molecule has 0 unspecified atom stereocenters. The van der Waals surface area contributed by atoms with E-state index in [1.807, 2.05) is 78.6 Å². The monoisotopic (exact) mass is 398 g/mol. The molecule has 1 aliphatic heterocycles. The maximum atomic E-state index is 12.9. The summed E-state index contributed by atoms with van der Waals surface area (Å²) in [5, 5.41) is 3.11. The van der Waals surface area contributed by atoms with Crippen LogP contribution in [0.15, 0.2) is 78.9 Å². The molecule has 4 rings (SSSR count). The molecular formula is C26H26N2O2. The fourth-order valence-electron chi connectivity index (χ4n) is 3.90. The molecule has 4 nitrogen and oxygen atoms in total. The van der Waals surface area contributed by atoms with Gasteiger partial charge < -0.3 is 10.2 Å². The Labute approximate surface area is 177 Å². The summed E-state index contributed by atoms with van der Waals surface area (Å²) in [6.45, 7) is 3.28. The van der Waals surface area contributed by atoms with E-state index in [1.54, 1.807) is 0 Å². The van der Waals surface area contributed by atoms with Gasteiger partial charge in [-0.05, 0) is 55.2 Å². The average Bonchev–Trinajstić information content (AvgIpc) is 2.80. The van der Waals surface area contributed by atoms with Crippen LogP contribution in [0.5, 0.6) is 0 Å². The van der Waals surface area contributed by atoms with Crippen molar-refractivity contribution in [2.45, 2.75) is 25.8 Å². The molecule has 0 atom stereocenters. The van der Waals surface area contributed by atoms with Crippen LogP contribution in [0.3, 0.4) is 0 Å². The Hall–Kier alpha value is -3.40. The Balaban J connectivity index is 1.32. The Morgan fingerprint density at radius 2 is 1.47 bits per heavy atom. The predicted molar refractivity (Wildman–Crippen MR) is 119 cm³/mol. The normalized spacial score (nSPS) is 14.4. The zero-order valence-electron chi connectivity index (χ0n) is 17.2. The van der Waals surface area contributed by atoms with E-state index in [1.165, 1.54) is 0 Å². The van der Waals surface area contributed by atoms with E-state index in [9.17, 15) is 9.59 Å². The van der Waals surface area contributed by atoms with Gasteiger partial charge in [0.15, 0.2) is 0 Å². The van der Waals surface area contributed by atoms with E-state index in [0.717, 1.165) is 29.5 Å². The van der Waals surface area contributed by atoms with Gasteiger partial charge >= 0.3 is 0 Å². The molecule has 0 aromatic heterocycles. The lowest BCUT2D eigenvalue weighted by molar-refractivity contribution is 0.0698. The fourth-order valence-corrected chi connectivity index (χ4v) is 3.90. The van der Waals surface area contributed by atoms with Crippen LogP contribution in [0.25, 0.3) is 11.1 Å². The summed E-state index contributed by atoms with van der Waals surface area (Å²) in [6.07, 6.45) is 1.54. The number of aryl methyl sites for hydroxylation is 1. The number of carbonyl (C=O) groups is 2. The van der Waals surface area contributed by atoms with Crippen LogP contribution in [0, 0.1) is 6.92 Å². The van der Waals surface area contributed by atoms with Crippen molar-refractivity contribution >= 4 is 11.8 Å². The highest BCUT2D eigenvalue weighted by molar-refractivity contribution is 5.95. The summed E-state index contributed by atoms with van der Waals surface area (Å²) in [4.78, 5) is 27.2. The van der Waals surface area contributed by atoms with Crippen molar-refractivity contribution in [1.29, 1.82) is 0 Å². The Morgan fingerprint density at radius 1 is 0.800 bits per heavy atom. The highest BCUT2D eigenvalue weighted by Crippen LogP contribution is 2.21. The number of carbonyl (C=O) groups excluding carboxylic acids is 2. The van der Waals surface area contributed by atoms with Gasteiger partial charge in [0.05, 0.1) is 0 Å². The summed E-state index contributed by atoms with van der Waals surface area (Å²) < 4.78 is 0. The van der Waals surface area contributed by atoms with Crippen molar-refractivity contribution in [3.8, 4) is 11.1 Å². The minimum absolute atomic E-state index is 0.0417. The first-order chi connectivity index (χ1) is 14.6. The van der Waals surface area contributed by atoms with E-state index >= 15 is 0 Å². The van der Waals surface area contributed by atoms with Gasteiger partial charge in [-0.2, -0.15) is 0 Å². The molecule has 0 bridgehead atoms. The van der Waals surface area contributed by atoms with Crippen molar-refractivity contribution in [1.82, 2.24) is 10.2 Å². The summed E-state index contributed by atoms with van der Waals surface area (Å²) in [7, 11) is 0. The molecular weight excluding hydrogens is 372 g/mol. The smallest absolute Gasteiger partial charge is 0.253 e. The molecule has 0 saturated carbocycles. The van der Waals surface area contributed by atoms with Gasteiger partial charge in [-0.15, -0.1) is 0 Å². The number of nitrogens with one attached hydrogen (secondary N) is 1. The van der Waals surface area contributed by atoms with Crippen molar-refractivity contribution in [3.05, 3.63) is 95.6 Å². The van der Waals surface area contributed by atoms with Crippen LogP contribution >= 0.6 is 0 Å². The highest BCUT2D eigenvalue weighted by atomic mass is 16.2. The number of rotatable bonds is 4. The molecule has 1 saturated heterocycles. The standard InChI is InChI=1S/C26H26N2O2/c1-19-6-5-9-23(18-19)25(29)27-24-14-16-28(17-15-24)26(30)22-12-10-21(11-13-22)20-7-3-2-4-8-20/h2-13,18,24H,14-17H2,1H3,(H,27,29). The molecule has 3 aromatic carbocycles. The molecule has 1 aliphatic rings. The Bertz CT molecular complexity index is 1020. The molecule has 1 heterocycles. The van der Waals surface area contributed by atoms with E-state index in [2.05, 4.69) is 17.4 Å². The average molecular weight is 399 g/mol. The van der Waals surface area contributed by atoms with Gasteiger partial charge in [0, 0.05) is 30.3 Å². The fraction of sp³-hybridized carbons (Fsp3) is 0.231. The third kappa shape index (κ3) is 4.60. The van der Waals surface area contributed by atoms with Gasteiger partial charge in [0.2, 0.25) is 0 Å². The highest BCUT2D eigenvalue weighted by Gasteiger charge is 2.25. The molecule has 0 aliphatic carbocycles. The second kappa shape index (κ2) is 8.95. The predicted octanol–water partition coefficient (Wildman–Crippen LogP) is 4.70. The Morgan fingerprint density at radius 3 is 2.13 bits per heavy atom. The van der Waals surface area contributed by atoms with Gasteiger partial charge in [0.1, 0.15) is 0 Å². The minimum atomic E-state index is -0.0417. The number of amides is 2. The second-order valence-electron chi connectivity index (χ2n) is 7.85. The van der Waals surface area contributed by atoms with E-state index in [-0.39, 0.29) is 17.9 Å². The molecule has 30 heavy (non-hydrogen) atoms. The largest absolute Gasteiger partial charge is 0.349 e. The molecule has 0 spiro atoms. The number of piperidine rings is 1. The maximum Gasteiger partial charge on any atom is 0.253 e. The number of hydrogen-bond acceptors (Lipinski definition) is 2. The van der Waals surface area contributed by atoms with Gasteiger partial charge in [0.25, 0.3) is 11.8 Å². The lowest BCUT2D eigenvalue weighted by Gasteiger charge is -2.32. The summed E-state index contributed by atoms with van der Waals surface area (Å²) in [5.41, 5.74) is 4.71. The third-order valence-corrected chi connectivity index (χ3v) is 5.64. The van der Waals surface area contributed by atoms with Gasteiger partial charge in [-0.1, -0.05) is 60.2 Å². The minimum Gasteiger partial charge on any atom is -0.349 e. The molecule has 152 valence electrons. The number of nitrogens with zero attached hydrogens (tertiary/aromatic N) is 1. The molecule has 2 amide bonds. The number of likely N-dealkylation sites (tertiary alicyclic amines) is 1. The van der Waals surface area contributed by atoms with Crippen LogP contribution in [0.1, 0.15) is 39.1 Å².